The SMILES string of the molecule is COc1ccc(OCn2ccc(C(=O)NCCN3CCOCC3)n2)cc1. The summed E-state index contributed by atoms with van der Waals surface area (Å²) in [6.07, 6.45) is 1.72. The molecule has 1 saturated heterocycles. The van der Waals surface area contributed by atoms with Gasteiger partial charge in [0.25, 0.3) is 5.91 Å². The van der Waals surface area contributed by atoms with Gasteiger partial charge in [0.15, 0.2) is 6.73 Å². The highest BCUT2D eigenvalue weighted by Crippen LogP contribution is 2.17. The van der Waals surface area contributed by atoms with Crippen molar-refractivity contribution in [2.75, 3.05) is 46.5 Å². The second-order valence-corrected chi connectivity index (χ2v) is 5.90. The molecule has 8 nitrogen and oxygen atoms in total. The van der Waals surface area contributed by atoms with Crippen LogP contribution in [0.3, 0.4) is 0 Å². The summed E-state index contributed by atoms with van der Waals surface area (Å²) in [5, 5.41) is 7.14. The van der Waals surface area contributed by atoms with Gasteiger partial charge in [-0.05, 0) is 30.3 Å². The summed E-state index contributed by atoms with van der Waals surface area (Å²) in [7, 11) is 1.62. The molecule has 0 spiro atoms. The number of rotatable bonds is 8. The van der Waals surface area contributed by atoms with Crippen molar-refractivity contribution in [1.29, 1.82) is 0 Å². The number of carbonyl (C=O) groups is 1. The quantitative estimate of drug-likeness (QED) is 0.756. The fourth-order valence-corrected chi connectivity index (χ4v) is 2.61. The van der Waals surface area contributed by atoms with Crippen LogP contribution in [-0.4, -0.2) is 67.1 Å². The Kier molecular flexibility index (Phi) is 6.45. The first-order chi connectivity index (χ1) is 12.7. The monoisotopic (exact) mass is 360 g/mol. The number of nitrogens with one attached hydrogen (secondary N) is 1. The molecule has 26 heavy (non-hydrogen) atoms. The van der Waals surface area contributed by atoms with Gasteiger partial charge in [-0.2, -0.15) is 5.10 Å². The Balaban J connectivity index is 1.41. The van der Waals surface area contributed by atoms with Crippen LogP contribution in [0.1, 0.15) is 10.5 Å². The zero-order chi connectivity index (χ0) is 18.2. The molecule has 1 amide bonds. The molecule has 0 saturated carbocycles. The third-order valence-corrected chi connectivity index (χ3v) is 4.11. The van der Waals surface area contributed by atoms with E-state index >= 15 is 0 Å². The lowest BCUT2D eigenvalue weighted by atomic mass is 10.3. The minimum Gasteiger partial charge on any atom is -0.497 e. The third-order valence-electron chi connectivity index (χ3n) is 4.11. The Morgan fingerprint density at radius 2 is 1.92 bits per heavy atom. The standard InChI is InChI=1S/C18H24N4O4/c1-24-15-2-4-16(5-3-15)26-14-22-8-6-17(20-22)18(23)19-7-9-21-10-12-25-13-11-21/h2-6,8H,7,9-14H2,1H3,(H,19,23). The molecule has 0 unspecified atom stereocenters. The maximum Gasteiger partial charge on any atom is 0.271 e. The van der Waals surface area contributed by atoms with Crippen LogP contribution in [0.5, 0.6) is 11.5 Å². The van der Waals surface area contributed by atoms with Crippen molar-refractivity contribution in [3.05, 3.63) is 42.2 Å². The molecule has 1 fully saturated rings. The molecule has 0 aliphatic carbocycles. The summed E-state index contributed by atoms with van der Waals surface area (Å²) in [5.74, 6) is 1.30. The van der Waals surface area contributed by atoms with Crippen molar-refractivity contribution in [2.45, 2.75) is 6.73 Å². The van der Waals surface area contributed by atoms with Crippen LogP contribution in [-0.2, 0) is 11.5 Å². The van der Waals surface area contributed by atoms with Crippen LogP contribution in [0.25, 0.3) is 0 Å². The number of amides is 1. The predicted octanol–water partition coefficient (Wildman–Crippen LogP) is 0.990. The van der Waals surface area contributed by atoms with Gasteiger partial charge >= 0.3 is 0 Å². The number of benzene rings is 1. The van der Waals surface area contributed by atoms with Crippen molar-refractivity contribution in [3.8, 4) is 11.5 Å². The van der Waals surface area contributed by atoms with E-state index in [4.69, 9.17) is 14.2 Å². The maximum absolute atomic E-state index is 12.2. The topological polar surface area (TPSA) is 77.9 Å². The Bertz CT molecular complexity index is 695. The molecule has 2 heterocycles. The fraction of sp³-hybridized carbons (Fsp3) is 0.444. The van der Waals surface area contributed by atoms with Gasteiger partial charge in [-0.15, -0.1) is 0 Å². The van der Waals surface area contributed by atoms with Crippen LogP contribution < -0.4 is 14.8 Å². The first-order valence-electron chi connectivity index (χ1n) is 8.63. The highest BCUT2D eigenvalue weighted by Gasteiger charge is 2.12. The van der Waals surface area contributed by atoms with Gasteiger partial charge in [-0.3, -0.25) is 9.69 Å². The number of hydrogen-bond donors (Lipinski definition) is 1. The largest absolute Gasteiger partial charge is 0.497 e. The lowest BCUT2D eigenvalue weighted by molar-refractivity contribution is 0.0383. The van der Waals surface area contributed by atoms with Crippen LogP contribution in [0, 0.1) is 0 Å². The van der Waals surface area contributed by atoms with Crippen molar-refractivity contribution >= 4 is 5.91 Å². The lowest BCUT2D eigenvalue weighted by Gasteiger charge is -2.26. The van der Waals surface area contributed by atoms with E-state index in [9.17, 15) is 4.79 Å². The third kappa shape index (κ3) is 5.21. The highest BCUT2D eigenvalue weighted by atomic mass is 16.5. The molecule has 0 radical (unpaired) electrons. The summed E-state index contributed by atoms with van der Waals surface area (Å²) < 4.78 is 17.6. The van der Waals surface area contributed by atoms with Gasteiger partial charge in [0.2, 0.25) is 0 Å². The van der Waals surface area contributed by atoms with Crippen molar-refractivity contribution in [2.24, 2.45) is 0 Å². The minimum atomic E-state index is -0.179. The van der Waals surface area contributed by atoms with Gasteiger partial charge in [0.1, 0.15) is 17.2 Å². The molecule has 140 valence electrons. The van der Waals surface area contributed by atoms with E-state index in [1.165, 1.54) is 0 Å². The van der Waals surface area contributed by atoms with E-state index in [1.54, 1.807) is 24.1 Å². The normalized spacial score (nSPS) is 14.8. The minimum absolute atomic E-state index is 0.179. The molecule has 3 rings (SSSR count). The van der Waals surface area contributed by atoms with E-state index < -0.39 is 0 Å². The first-order valence-corrected chi connectivity index (χ1v) is 8.63. The zero-order valence-electron chi connectivity index (χ0n) is 14.9. The van der Waals surface area contributed by atoms with E-state index in [1.807, 2.05) is 24.3 Å². The number of aromatic nitrogens is 2. The first kappa shape index (κ1) is 18.2. The smallest absolute Gasteiger partial charge is 0.271 e. The number of carbonyl (C=O) groups excluding carboxylic acids is 1. The average molecular weight is 360 g/mol. The molecule has 8 heteroatoms. The Morgan fingerprint density at radius 1 is 1.19 bits per heavy atom. The second kappa shape index (κ2) is 9.21. The van der Waals surface area contributed by atoms with Crippen LogP contribution >= 0.6 is 0 Å². The summed E-state index contributed by atoms with van der Waals surface area (Å²) >= 11 is 0. The molecular weight excluding hydrogens is 336 g/mol. The average Bonchev–Trinajstić information content (AvgIpc) is 3.17. The van der Waals surface area contributed by atoms with E-state index in [-0.39, 0.29) is 12.6 Å². The number of methoxy groups -OCH3 is 1. The number of morpholine rings is 1. The Labute approximate surface area is 152 Å². The summed E-state index contributed by atoms with van der Waals surface area (Å²) in [4.78, 5) is 14.4. The molecule has 1 N–H and O–H groups in total. The molecule has 0 atom stereocenters. The summed E-state index contributed by atoms with van der Waals surface area (Å²) in [5.41, 5.74) is 0.380. The molecular formula is C18H24N4O4. The number of hydrogen-bond acceptors (Lipinski definition) is 6. The molecule has 1 aliphatic rings. The Hall–Kier alpha value is -2.58. The van der Waals surface area contributed by atoms with Gasteiger partial charge in [0.05, 0.1) is 20.3 Å². The predicted molar refractivity (Wildman–Crippen MR) is 95.4 cm³/mol. The van der Waals surface area contributed by atoms with E-state index in [0.717, 1.165) is 38.6 Å². The maximum atomic E-state index is 12.2. The molecule has 2 aromatic rings. The van der Waals surface area contributed by atoms with Gasteiger partial charge in [0, 0.05) is 32.4 Å². The van der Waals surface area contributed by atoms with Gasteiger partial charge < -0.3 is 19.5 Å². The van der Waals surface area contributed by atoms with Crippen molar-refractivity contribution in [3.63, 3.8) is 0 Å². The highest BCUT2D eigenvalue weighted by molar-refractivity contribution is 5.92. The summed E-state index contributed by atoms with van der Waals surface area (Å²) in [6.45, 7) is 4.97. The van der Waals surface area contributed by atoms with E-state index in [0.29, 0.717) is 18.0 Å². The molecule has 1 aliphatic heterocycles. The number of nitrogens with zero attached hydrogens (tertiary/aromatic N) is 3. The van der Waals surface area contributed by atoms with Crippen molar-refractivity contribution in [1.82, 2.24) is 20.0 Å². The number of ether oxygens (including phenoxy) is 3. The Morgan fingerprint density at radius 3 is 2.65 bits per heavy atom. The van der Waals surface area contributed by atoms with Crippen LogP contribution in [0.2, 0.25) is 0 Å². The summed E-state index contributed by atoms with van der Waals surface area (Å²) in [6, 6.07) is 8.97. The van der Waals surface area contributed by atoms with Gasteiger partial charge in [-0.1, -0.05) is 0 Å². The van der Waals surface area contributed by atoms with Gasteiger partial charge in [-0.25, -0.2) is 4.68 Å². The lowest BCUT2D eigenvalue weighted by Crippen LogP contribution is -2.41. The van der Waals surface area contributed by atoms with E-state index in [2.05, 4.69) is 15.3 Å². The molecule has 0 bridgehead atoms. The van der Waals surface area contributed by atoms with Crippen LogP contribution in [0.15, 0.2) is 36.5 Å². The zero-order valence-corrected chi connectivity index (χ0v) is 14.9. The van der Waals surface area contributed by atoms with Crippen molar-refractivity contribution < 1.29 is 19.0 Å². The molecule has 1 aromatic carbocycles. The van der Waals surface area contributed by atoms with Crippen LogP contribution in [0.4, 0.5) is 0 Å². The fourth-order valence-electron chi connectivity index (χ4n) is 2.61. The molecule has 1 aromatic heterocycles. The second-order valence-electron chi connectivity index (χ2n) is 5.90.